The number of rotatable bonds is 3. The predicted molar refractivity (Wildman–Crippen MR) is 74.9 cm³/mol. The summed E-state index contributed by atoms with van der Waals surface area (Å²) in [5, 5.41) is 4.64. The summed E-state index contributed by atoms with van der Waals surface area (Å²) in [6.07, 6.45) is 1.59. The third-order valence-electron chi connectivity index (χ3n) is 2.76. The number of ether oxygens (including phenoxy) is 1. The maximum Gasteiger partial charge on any atom is 0.125 e. The van der Waals surface area contributed by atoms with Gasteiger partial charge >= 0.3 is 0 Å². The number of aryl methyl sites for hydroxylation is 1. The first-order chi connectivity index (χ1) is 8.54. The minimum atomic E-state index is -0.381. The Labute approximate surface area is 119 Å². The summed E-state index contributed by atoms with van der Waals surface area (Å²) in [6, 6.07) is 5.33. The number of benzene rings is 1. The quantitative estimate of drug-likeness (QED) is 0.941. The maximum absolute atomic E-state index is 6.25. The average molecular weight is 331 g/mol. The van der Waals surface area contributed by atoms with Crippen molar-refractivity contribution in [2.75, 3.05) is 7.11 Å². The van der Waals surface area contributed by atoms with Crippen molar-refractivity contribution in [1.29, 1.82) is 0 Å². The minimum Gasteiger partial charge on any atom is -0.496 e. The molecular formula is C12H13BrClN3O. The SMILES string of the molecule is COc1cc(Br)ccc1C(N)c1c(Cl)cnn1C. The van der Waals surface area contributed by atoms with Gasteiger partial charge in [0.05, 0.1) is 30.1 Å². The van der Waals surface area contributed by atoms with E-state index in [0.717, 1.165) is 15.7 Å². The first-order valence-electron chi connectivity index (χ1n) is 5.31. The van der Waals surface area contributed by atoms with Crippen LogP contribution in [0.15, 0.2) is 28.9 Å². The van der Waals surface area contributed by atoms with E-state index < -0.39 is 0 Å². The van der Waals surface area contributed by atoms with Crippen LogP contribution in [-0.4, -0.2) is 16.9 Å². The zero-order valence-corrected chi connectivity index (χ0v) is 12.4. The normalized spacial score (nSPS) is 12.5. The molecule has 0 radical (unpaired) electrons. The summed E-state index contributed by atoms with van der Waals surface area (Å²) in [4.78, 5) is 0. The number of methoxy groups -OCH3 is 1. The Kier molecular flexibility index (Phi) is 3.94. The predicted octanol–water partition coefficient (Wildman–Crippen LogP) is 2.89. The second-order valence-electron chi connectivity index (χ2n) is 3.87. The molecule has 0 saturated heterocycles. The molecule has 18 heavy (non-hydrogen) atoms. The average Bonchev–Trinajstić information content (AvgIpc) is 2.68. The molecule has 0 bridgehead atoms. The Morgan fingerprint density at radius 3 is 2.78 bits per heavy atom. The van der Waals surface area contributed by atoms with Crippen LogP contribution in [0.4, 0.5) is 0 Å². The van der Waals surface area contributed by atoms with Gasteiger partial charge in [0.15, 0.2) is 0 Å². The van der Waals surface area contributed by atoms with Crippen molar-refractivity contribution in [3.05, 3.63) is 45.1 Å². The van der Waals surface area contributed by atoms with Gasteiger partial charge in [0.2, 0.25) is 0 Å². The van der Waals surface area contributed by atoms with Crippen molar-refractivity contribution >= 4 is 27.5 Å². The molecule has 0 aliphatic rings. The van der Waals surface area contributed by atoms with Gasteiger partial charge in [0.25, 0.3) is 0 Å². The first kappa shape index (κ1) is 13.4. The lowest BCUT2D eigenvalue weighted by atomic mass is 10.0. The fourth-order valence-electron chi connectivity index (χ4n) is 1.86. The lowest BCUT2D eigenvalue weighted by Crippen LogP contribution is -2.17. The van der Waals surface area contributed by atoms with Gasteiger partial charge in [0, 0.05) is 17.1 Å². The molecule has 4 nitrogen and oxygen atoms in total. The Morgan fingerprint density at radius 2 is 2.22 bits per heavy atom. The van der Waals surface area contributed by atoms with Crippen LogP contribution in [0.25, 0.3) is 0 Å². The summed E-state index contributed by atoms with van der Waals surface area (Å²) in [5.74, 6) is 0.717. The number of hydrogen-bond donors (Lipinski definition) is 1. The Morgan fingerprint density at radius 1 is 1.50 bits per heavy atom. The van der Waals surface area contributed by atoms with E-state index in [1.165, 1.54) is 0 Å². The van der Waals surface area contributed by atoms with Gasteiger partial charge in [-0.25, -0.2) is 0 Å². The molecule has 6 heteroatoms. The molecule has 0 amide bonds. The molecule has 1 heterocycles. The molecular weight excluding hydrogens is 318 g/mol. The van der Waals surface area contributed by atoms with Crippen LogP contribution in [0.5, 0.6) is 5.75 Å². The highest BCUT2D eigenvalue weighted by atomic mass is 79.9. The van der Waals surface area contributed by atoms with E-state index in [4.69, 9.17) is 22.1 Å². The zero-order chi connectivity index (χ0) is 13.3. The van der Waals surface area contributed by atoms with Crippen LogP contribution in [0.2, 0.25) is 5.02 Å². The molecule has 1 atom stereocenters. The van der Waals surface area contributed by atoms with E-state index in [-0.39, 0.29) is 6.04 Å². The Balaban J connectivity index is 2.49. The lowest BCUT2D eigenvalue weighted by Gasteiger charge is -2.16. The number of nitrogens with zero attached hydrogens (tertiary/aromatic N) is 2. The molecule has 2 aromatic rings. The molecule has 1 unspecified atom stereocenters. The highest BCUT2D eigenvalue weighted by Crippen LogP contribution is 2.33. The van der Waals surface area contributed by atoms with Crippen LogP contribution in [0, 0.1) is 0 Å². The topological polar surface area (TPSA) is 53.1 Å². The molecule has 2 N–H and O–H groups in total. The van der Waals surface area contributed by atoms with Crippen molar-refractivity contribution < 1.29 is 4.74 Å². The monoisotopic (exact) mass is 329 g/mol. The third-order valence-corrected chi connectivity index (χ3v) is 3.55. The zero-order valence-electron chi connectivity index (χ0n) is 10.0. The number of halogens is 2. The number of hydrogen-bond acceptors (Lipinski definition) is 3. The fraction of sp³-hybridized carbons (Fsp3) is 0.250. The molecule has 0 aliphatic heterocycles. The molecule has 0 saturated carbocycles. The van der Waals surface area contributed by atoms with Crippen LogP contribution in [-0.2, 0) is 7.05 Å². The van der Waals surface area contributed by atoms with Crippen LogP contribution in [0.3, 0.4) is 0 Å². The van der Waals surface area contributed by atoms with E-state index in [1.807, 2.05) is 25.2 Å². The summed E-state index contributed by atoms with van der Waals surface area (Å²) in [6.45, 7) is 0. The van der Waals surface area contributed by atoms with E-state index in [2.05, 4.69) is 21.0 Å². The Bertz CT molecular complexity index is 551. The highest BCUT2D eigenvalue weighted by molar-refractivity contribution is 9.10. The first-order valence-corrected chi connectivity index (χ1v) is 6.48. The smallest absolute Gasteiger partial charge is 0.125 e. The minimum absolute atomic E-state index is 0.381. The molecule has 0 spiro atoms. The van der Waals surface area contributed by atoms with Crippen molar-refractivity contribution in [2.24, 2.45) is 12.8 Å². The van der Waals surface area contributed by atoms with Gasteiger partial charge in [-0.15, -0.1) is 0 Å². The standard InChI is InChI=1S/C12H13BrClN3O/c1-17-12(9(14)6-16-17)11(15)8-4-3-7(13)5-10(8)18-2/h3-6,11H,15H2,1-2H3. The van der Waals surface area contributed by atoms with E-state index >= 15 is 0 Å². The van der Waals surface area contributed by atoms with Gasteiger partial charge in [-0.2, -0.15) is 5.10 Å². The van der Waals surface area contributed by atoms with Crippen molar-refractivity contribution in [3.8, 4) is 5.75 Å². The lowest BCUT2D eigenvalue weighted by molar-refractivity contribution is 0.407. The second kappa shape index (κ2) is 5.30. The largest absolute Gasteiger partial charge is 0.496 e. The van der Waals surface area contributed by atoms with Gasteiger partial charge in [-0.3, -0.25) is 4.68 Å². The van der Waals surface area contributed by atoms with Crippen molar-refractivity contribution in [2.45, 2.75) is 6.04 Å². The van der Waals surface area contributed by atoms with Crippen LogP contribution < -0.4 is 10.5 Å². The Hall–Kier alpha value is -1.04. The number of nitrogens with two attached hydrogens (primary N) is 1. The molecule has 0 fully saturated rings. The van der Waals surface area contributed by atoms with Gasteiger partial charge in [-0.05, 0) is 12.1 Å². The highest BCUT2D eigenvalue weighted by Gasteiger charge is 2.20. The molecule has 96 valence electrons. The summed E-state index contributed by atoms with van der Waals surface area (Å²) in [5.41, 5.74) is 7.88. The van der Waals surface area contributed by atoms with E-state index in [0.29, 0.717) is 10.8 Å². The summed E-state index contributed by atoms with van der Waals surface area (Å²) in [7, 11) is 3.43. The van der Waals surface area contributed by atoms with Gasteiger partial charge < -0.3 is 10.5 Å². The third kappa shape index (κ3) is 2.39. The molecule has 1 aromatic heterocycles. The maximum atomic E-state index is 6.25. The fourth-order valence-corrected chi connectivity index (χ4v) is 2.48. The van der Waals surface area contributed by atoms with E-state index in [1.54, 1.807) is 18.0 Å². The molecule has 2 rings (SSSR count). The summed E-state index contributed by atoms with van der Waals surface area (Å²) < 4.78 is 7.95. The number of aromatic nitrogens is 2. The van der Waals surface area contributed by atoms with Crippen LogP contribution >= 0.6 is 27.5 Å². The van der Waals surface area contributed by atoms with Gasteiger partial charge in [0.1, 0.15) is 5.75 Å². The van der Waals surface area contributed by atoms with E-state index in [9.17, 15) is 0 Å². The van der Waals surface area contributed by atoms with Gasteiger partial charge in [-0.1, -0.05) is 33.6 Å². The van der Waals surface area contributed by atoms with Crippen LogP contribution in [0.1, 0.15) is 17.3 Å². The molecule has 1 aromatic carbocycles. The van der Waals surface area contributed by atoms with Crippen molar-refractivity contribution in [3.63, 3.8) is 0 Å². The molecule has 0 aliphatic carbocycles. The van der Waals surface area contributed by atoms with Crippen molar-refractivity contribution in [1.82, 2.24) is 9.78 Å². The second-order valence-corrected chi connectivity index (χ2v) is 5.19. The summed E-state index contributed by atoms with van der Waals surface area (Å²) >= 11 is 9.50.